The van der Waals surface area contributed by atoms with Crippen molar-refractivity contribution < 1.29 is 4.74 Å². The van der Waals surface area contributed by atoms with E-state index in [1.165, 1.54) is 4.68 Å². The topological polar surface area (TPSA) is 56.5 Å². The molecule has 0 aliphatic carbocycles. The second-order valence-electron chi connectivity index (χ2n) is 7.76. The lowest BCUT2D eigenvalue weighted by Crippen LogP contribution is -2.20. The number of halogens is 2. The number of hydrogen-bond donors (Lipinski definition) is 0. The molecule has 0 radical (unpaired) electrons. The lowest BCUT2D eigenvalue weighted by molar-refractivity contribution is 0.304. The molecule has 0 amide bonds. The van der Waals surface area contributed by atoms with Gasteiger partial charge in [-0.3, -0.25) is 4.79 Å². The van der Waals surface area contributed by atoms with Gasteiger partial charge in [0, 0.05) is 16.1 Å². The summed E-state index contributed by atoms with van der Waals surface area (Å²) in [6, 6.07) is 30.1. The molecule has 0 fully saturated rings. The molecule has 172 valence electrons. The highest BCUT2D eigenvalue weighted by molar-refractivity contribution is 9.10. The van der Waals surface area contributed by atoms with E-state index in [9.17, 15) is 4.79 Å². The van der Waals surface area contributed by atoms with Crippen molar-refractivity contribution in [1.29, 1.82) is 0 Å². The minimum atomic E-state index is -0.265. The van der Waals surface area contributed by atoms with Crippen LogP contribution >= 0.6 is 27.5 Å². The maximum absolute atomic E-state index is 13.4. The third-order valence-electron chi connectivity index (χ3n) is 5.36. The number of hydrogen-bond acceptors (Lipinski definition) is 4. The Labute approximate surface area is 215 Å². The summed E-state index contributed by atoms with van der Waals surface area (Å²) in [5.74, 6) is 1.02. The summed E-state index contributed by atoms with van der Waals surface area (Å²) in [5.41, 5.74) is 2.77. The van der Waals surface area contributed by atoms with Gasteiger partial charge in [0.15, 0.2) is 5.82 Å². The van der Waals surface area contributed by atoms with Crippen molar-refractivity contribution in [2.45, 2.75) is 6.61 Å². The third-order valence-corrected chi connectivity index (χ3v) is 6.17. The zero-order valence-electron chi connectivity index (χ0n) is 18.4. The normalized spacial score (nSPS) is 11.3. The first kappa shape index (κ1) is 23.0. The summed E-state index contributed by atoms with van der Waals surface area (Å²) in [6.07, 6.45) is 1.57. The van der Waals surface area contributed by atoms with Gasteiger partial charge in [0.25, 0.3) is 5.56 Å². The summed E-state index contributed by atoms with van der Waals surface area (Å²) in [5, 5.41) is 5.55. The van der Waals surface area contributed by atoms with E-state index in [1.54, 1.807) is 24.4 Å². The van der Waals surface area contributed by atoms with Crippen molar-refractivity contribution in [3.63, 3.8) is 0 Å². The predicted octanol–water partition coefficient (Wildman–Crippen LogP) is 6.94. The molecule has 0 bridgehead atoms. The number of fused-ring (bicyclic) bond motifs is 1. The Balaban J connectivity index is 1.61. The summed E-state index contributed by atoms with van der Waals surface area (Å²) >= 11 is 9.87. The summed E-state index contributed by atoms with van der Waals surface area (Å²) in [4.78, 5) is 18.2. The standard InChI is InChI=1S/C28H19BrClN3O2/c29-24-16-22(30)15-21(26(24)35-18-19-9-3-1-4-10-19)17-31-33-27(20-11-5-2-6-12-20)32-25-14-8-7-13-23(25)28(33)34/h1-17H,18H2. The molecule has 4 aromatic carbocycles. The van der Waals surface area contributed by atoms with E-state index in [2.05, 4.69) is 21.0 Å². The molecule has 0 saturated heterocycles. The van der Waals surface area contributed by atoms with Gasteiger partial charge in [0.05, 0.1) is 21.6 Å². The van der Waals surface area contributed by atoms with Gasteiger partial charge in [-0.15, -0.1) is 0 Å². The first-order valence-electron chi connectivity index (χ1n) is 10.9. The smallest absolute Gasteiger partial charge is 0.282 e. The number of aromatic nitrogens is 2. The van der Waals surface area contributed by atoms with E-state index in [-0.39, 0.29) is 5.56 Å². The molecule has 5 rings (SSSR count). The van der Waals surface area contributed by atoms with Gasteiger partial charge >= 0.3 is 0 Å². The Kier molecular flexibility index (Phi) is 6.75. The highest BCUT2D eigenvalue weighted by Crippen LogP contribution is 2.32. The predicted molar refractivity (Wildman–Crippen MR) is 144 cm³/mol. The molecular weight excluding hydrogens is 526 g/mol. The second kappa shape index (κ2) is 10.3. The molecule has 1 aromatic heterocycles. The minimum Gasteiger partial charge on any atom is -0.487 e. The lowest BCUT2D eigenvalue weighted by Gasteiger charge is -2.13. The van der Waals surface area contributed by atoms with Crippen LogP contribution in [0.2, 0.25) is 5.02 Å². The Hall–Kier alpha value is -3.74. The maximum atomic E-state index is 13.4. The van der Waals surface area contributed by atoms with Gasteiger partial charge in [0.2, 0.25) is 0 Å². The monoisotopic (exact) mass is 543 g/mol. The number of rotatable bonds is 6. The van der Waals surface area contributed by atoms with Gasteiger partial charge in [-0.1, -0.05) is 84.4 Å². The first-order valence-corrected chi connectivity index (χ1v) is 12.0. The van der Waals surface area contributed by atoms with Crippen molar-refractivity contribution in [1.82, 2.24) is 9.66 Å². The minimum absolute atomic E-state index is 0.265. The van der Waals surface area contributed by atoms with E-state index in [4.69, 9.17) is 21.3 Å². The van der Waals surface area contributed by atoms with Gasteiger partial charge < -0.3 is 4.74 Å². The Bertz CT molecular complexity index is 1590. The van der Waals surface area contributed by atoms with Crippen LogP contribution in [0, 0.1) is 0 Å². The largest absolute Gasteiger partial charge is 0.487 e. The molecule has 7 heteroatoms. The fraction of sp³-hybridized carbons (Fsp3) is 0.0357. The van der Waals surface area contributed by atoms with Crippen LogP contribution in [0.3, 0.4) is 0 Å². The molecule has 5 aromatic rings. The molecule has 0 aliphatic heterocycles. The molecule has 1 heterocycles. The van der Waals surface area contributed by atoms with Crippen LogP contribution in [0.4, 0.5) is 0 Å². The molecule has 0 unspecified atom stereocenters. The third kappa shape index (κ3) is 5.04. The van der Waals surface area contributed by atoms with Gasteiger partial charge in [0.1, 0.15) is 12.4 Å². The summed E-state index contributed by atoms with van der Waals surface area (Å²) in [7, 11) is 0. The molecule has 0 saturated carbocycles. The molecule has 0 atom stereocenters. The number of benzene rings is 4. The molecular formula is C28H19BrClN3O2. The van der Waals surface area contributed by atoms with Gasteiger partial charge in [-0.25, -0.2) is 4.98 Å². The van der Waals surface area contributed by atoms with Crippen LogP contribution in [0.1, 0.15) is 11.1 Å². The fourth-order valence-corrected chi connectivity index (χ4v) is 4.63. The average Bonchev–Trinajstić information content (AvgIpc) is 2.88. The van der Waals surface area contributed by atoms with Gasteiger partial charge in [-0.05, 0) is 45.8 Å². The van der Waals surface area contributed by atoms with Crippen LogP contribution in [0.5, 0.6) is 5.75 Å². The van der Waals surface area contributed by atoms with Crippen LogP contribution in [-0.2, 0) is 6.61 Å². The van der Waals surface area contributed by atoms with E-state index in [0.717, 1.165) is 11.1 Å². The van der Waals surface area contributed by atoms with E-state index in [1.807, 2.05) is 78.9 Å². The van der Waals surface area contributed by atoms with E-state index >= 15 is 0 Å². The van der Waals surface area contributed by atoms with E-state index < -0.39 is 0 Å². The molecule has 0 aliphatic rings. The highest BCUT2D eigenvalue weighted by atomic mass is 79.9. The summed E-state index contributed by atoms with van der Waals surface area (Å²) < 4.78 is 8.12. The molecule has 0 spiro atoms. The van der Waals surface area contributed by atoms with Crippen molar-refractivity contribution in [3.8, 4) is 17.1 Å². The average molecular weight is 545 g/mol. The van der Waals surface area contributed by atoms with Crippen LogP contribution in [-0.4, -0.2) is 15.9 Å². The highest BCUT2D eigenvalue weighted by Gasteiger charge is 2.14. The van der Waals surface area contributed by atoms with Crippen LogP contribution in [0.15, 0.2) is 111 Å². The van der Waals surface area contributed by atoms with Gasteiger partial charge in [-0.2, -0.15) is 9.78 Å². The van der Waals surface area contributed by atoms with E-state index in [0.29, 0.717) is 44.1 Å². The van der Waals surface area contributed by atoms with Crippen LogP contribution < -0.4 is 10.3 Å². The Morgan fingerprint density at radius 1 is 0.943 bits per heavy atom. The maximum Gasteiger partial charge on any atom is 0.282 e. The Morgan fingerprint density at radius 3 is 2.40 bits per heavy atom. The number of ether oxygens (including phenoxy) is 1. The quantitative estimate of drug-likeness (QED) is 0.218. The molecule has 35 heavy (non-hydrogen) atoms. The second-order valence-corrected chi connectivity index (χ2v) is 9.05. The number of para-hydroxylation sites is 1. The Morgan fingerprint density at radius 2 is 1.63 bits per heavy atom. The zero-order valence-corrected chi connectivity index (χ0v) is 20.8. The van der Waals surface area contributed by atoms with Crippen LogP contribution in [0.25, 0.3) is 22.3 Å². The van der Waals surface area contributed by atoms with Crippen molar-refractivity contribution in [2.75, 3.05) is 0 Å². The fourth-order valence-electron chi connectivity index (χ4n) is 3.68. The molecule has 5 nitrogen and oxygen atoms in total. The van der Waals surface area contributed by atoms with Crippen molar-refractivity contribution >= 4 is 44.6 Å². The number of nitrogens with zero attached hydrogens (tertiary/aromatic N) is 3. The first-order chi connectivity index (χ1) is 17.1. The lowest BCUT2D eigenvalue weighted by atomic mass is 10.2. The van der Waals surface area contributed by atoms with Crippen molar-refractivity contribution in [2.24, 2.45) is 5.10 Å². The SMILES string of the molecule is O=c1c2ccccc2nc(-c2ccccc2)n1N=Cc1cc(Cl)cc(Br)c1OCc1ccccc1. The van der Waals surface area contributed by atoms with Crippen molar-refractivity contribution in [3.05, 3.63) is 128 Å². The molecule has 0 N–H and O–H groups in total. The zero-order chi connectivity index (χ0) is 24.2. The summed E-state index contributed by atoms with van der Waals surface area (Å²) in [6.45, 7) is 0.370.